The lowest BCUT2D eigenvalue weighted by molar-refractivity contribution is -0.116. The number of halogens is 1. The number of hydrogen-bond donors (Lipinski definition) is 0. The van der Waals surface area contributed by atoms with Crippen molar-refractivity contribution in [3.63, 3.8) is 0 Å². The van der Waals surface area contributed by atoms with E-state index >= 15 is 0 Å². The van der Waals surface area contributed by atoms with Crippen molar-refractivity contribution < 1.29 is 9.53 Å². The number of carbonyl (C=O) groups excluding carboxylic acids is 1. The third-order valence-electron chi connectivity index (χ3n) is 4.38. The van der Waals surface area contributed by atoms with Crippen molar-refractivity contribution in [2.75, 3.05) is 20.7 Å². The van der Waals surface area contributed by atoms with Crippen molar-refractivity contribution in [2.45, 2.75) is 33.1 Å². The molecule has 1 aliphatic carbocycles. The average molecular weight is 381 g/mol. The molecule has 0 aromatic heterocycles. The molecule has 5 heteroatoms. The Morgan fingerprint density at radius 1 is 1.43 bits per heavy atom. The standard InChI is InChI=1S/C18H23BrNO3/c1-5-12-9-14(19)8-11(2)16(12)17-15(23-4)10-13(18(17)21)6-7-20(3)22/h8-9,13H,5-7,10H2,1-4H3/q-1. The largest absolute Gasteiger partial charge is 0.785 e. The lowest BCUT2D eigenvalue weighted by Gasteiger charge is -2.23. The van der Waals surface area contributed by atoms with Gasteiger partial charge in [0, 0.05) is 16.8 Å². The van der Waals surface area contributed by atoms with Gasteiger partial charge in [0.25, 0.3) is 0 Å². The second kappa shape index (κ2) is 7.60. The lowest BCUT2D eigenvalue weighted by Crippen LogP contribution is -2.19. The van der Waals surface area contributed by atoms with E-state index < -0.39 is 0 Å². The van der Waals surface area contributed by atoms with Gasteiger partial charge in [0.2, 0.25) is 0 Å². The highest BCUT2D eigenvalue weighted by molar-refractivity contribution is 9.10. The highest BCUT2D eigenvalue weighted by Gasteiger charge is 2.35. The summed E-state index contributed by atoms with van der Waals surface area (Å²) in [6.45, 7) is 4.47. The number of ketones is 1. The molecule has 126 valence electrons. The van der Waals surface area contributed by atoms with Crippen LogP contribution in [-0.2, 0) is 16.0 Å². The van der Waals surface area contributed by atoms with Crippen molar-refractivity contribution in [1.82, 2.24) is 5.06 Å². The first-order valence-electron chi connectivity index (χ1n) is 7.88. The molecule has 0 amide bonds. The van der Waals surface area contributed by atoms with Crippen molar-refractivity contribution >= 4 is 27.3 Å². The van der Waals surface area contributed by atoms with Crippen LogP contribution in [0.1, 0.15) is 36.5 Å². The number of Topliss-reactive ketones (excluding diaryl/α,β-unsaturated/α-hetero) is 1. The van der Waals surface area contributed by atoms with Crippen LogP contribution in [0.4, 0.5) is 0 Å². The Labute approximate surface area is 146 Å². The van der Waals surface area contributed by atoms with Gasteiger partial charge in [0.1, 0.15) is 5.76 Å². The summed E-state index contributed by atoms with van der Waals surface area (Å²) in [7, 11) is 3.10. The van der Waals surface area contributed by atoms with Crippen LogP contribution in [0.15, 0.2) is 22.4 Å². The van der Waals surface area contributed by atoms with Crippen molar-refractivity contribution in [1.29, 1.82) is 0 Å². The number of hydroxylamine groups is 2. The summed E-state index contributed by atoms with van der Waals surface area (Å²) in [5, 5.41) is 12.0. The van der Waals surface area contributed by atoms with Gasteiger partial charge in [-0.25, -0.2) is 0 Å². The summed E-state index contributed by atoms with van der Waals surface area (Å²) in [4.78, 5) is 12.9. The summed E-state index contributed by atoms with van der Waals surface area (Å²) in [5.74, 6) is 0.682. The van der Waals surface area contributed by atoms with Crippen LogP contribution < -0.4 is 0 Å². The Kier molecular flexibility index (Phi) is 6.00. The number of nitrogens with zero attached hydrogens (tertiary/aromatic N) is 1. The van der Waals surface area contributed by atoms with Gasteiger partial charge in [0.05, 0.1) is 12.7 Å². The van der Waals surface area contributed by atoms with E-state index in [1.807, 2.05) is 13.0 Å². The van der Waals surface area contributed by atoms with Gasteiger partial charge in [-0.05, 0) is 62.2 Å². The summed E-state index contributed by atoms with van der Waals surface area (Å²) < 4.78 is 6.54. The van der Waals surface area contributed by atoms with E-state index in [9.17, 15) is 10.0 Å². The molecule has 4 nitrogen and oxygen atoms in total. The molecule has 0 spiro atoms. The molecular formula is C18H23BrNO3-. The minimum absolute atomic E-state index is 0.101. The number of benzene rings is 1. The Balaban J connectivity index is 2.43. The normalized spacial score (nSPS) is 18.2. The molecule has 1 aromatic carbocycles. The van der Waals surface area contributed by atoms with E-state index in [1.165, 1.54) is 7.05 Å². The molecule has 0 saturated heterocycles. The highest BCUT2D eigenvalue weighted by Crippen LogP contribution is 2.40. The number of aryl methyl sites for hydroxylation is 2. The van der Waals surface area contributed by atoms with Crippen LogP contribution in [0.5, 0.6) is 0 Å². The van der Waals surface area contributed by atoms with E-state index in [0.717, 1.165) is 38.4 Å². The first-order valence-corrected chi connectivity index (χ1v) is 8.67. The third-order valence-corrected chi connectivity index (χ3v) is 4.84. The van der Waals surface area contributed by atoms with Gasteiger partial charge < -0.3 is 15.0 Å². The van der Waals surface area contributed by atoms with E-state index in [0.29, 0.717) is 25.0 Å². The molecule has 1 unspecified atom stereocenters. The maximum Gasteiger partial charge on any atom is 0.170 e. The van der Waals surface area contributed by atoms with Gasteiger partial charge in [0.15, 0.2) is 5.78 Å². The molecule has 1 aliphatic rings. The number of methoxy groups -OCH3 is 1. The van der Waals surface area contributed by atoms with Crippen LogP contribution in [0, 0.1) is 18.0 Å². The minimum atomic E-state index is -0.163. The average Bonchev–Trinajstić information content (AvgIpc) is 2.80. The van der Waals surface area contributed by atoms with E-state index in [4.69, 9.17) is 4.74 Å². The zero-order valence-corrected chi connectivity index (χ0v) is 15.7. The second-order valence-electron chi connectivity index (χ2n) is 6.02. The van der Waals surface area contributed by atoms with Crippen LogP contribution >= 0.6 is 15.9 Å². The van der Waals surface area contributed by atoms with Crippen LogP contribution in [-0.4, -0.2) is 31.5 Å². The Morgan fingerprint density at radius 2 is 2.13 bits per heavy atom. The maximum absolute atomic E-state index is 12.9. The maximum atomic E-state index is 12.9. The number of ether oxygens (including phenoxy) is 1. The van der Waals surface area contributed by atoms with Gasteiger partial charge in [-0.15, -0.1) is 0 Å². The zero-order chi connectivity index (χ0) is 17.1. The lowest BCUT2D eigenvalue weighted by atomic mass is 9.90. The fraction of sp³-hybridized carbons (Fsp3) is 0.500. The van der Waals surface area contributed by atoms with Gasteiger partial charge in [-0.1, -0.05) is 22.9 Å². The monoisotopic (exact) mass is 380 g/mol. The molecule has 0 saturated carbocycles. The van der Waals surface area contributed by atoms with E-state index in [2.05, 4.69) is 28.9 Å². The summed E-state index contributed by atoms with van der Waals surface area (Å²) in [6, 6.07) is 4.09. The molecule has 0 aliphatic heterocycles. The molecule has 1 aromatic rings. The van der Waals surface area contributed by atoms with Crippen molar-refractivity contribution in [3.05, 3.63) is 44.3 Å². The molecule has 0 bridgehead atoms. The minimum Gasteiger partial charge on any atom is -0.785 e. The van der Waals surface area contributed by atoms with E-state index in [-0.39, 0.29) is 11.7 Å². The van der Waals surface area contributed by atoms with Crippen molar-refractivity contribution in [2.24, 2.45) is 5.92 Å². The molecule has 0 N–H and O–H groups in total. The Morgan fingerprint density at radius 3 is 2.70 bits per heavy atom. The quantitative estimate of drug-likeness (QED) is 0.697. The van der Waals surface area contributed by atoms with Crippen LogP contribution in [0.3, 0.4) is 0 Å². The molecule has 0 radical (unpaired) electrons. The Bertz CT molecular complexity index is 637. The fourth-order valence-electron chi connectivity index (χ4n) is 3.23. The number of hydrogen-bond acceptors (Lipinski definition) is 4. The summed E-state index contributed by atoms with van der Waals surface area (Å²) in [5.41, 5.74) is 3.90. The number of allylic oxidation sites excluding steroid dienone is 2. The molecular weight excluding hydrogens is 358 g/mol. The summed E-state index contributed by atoms with van der Waals surface area (Å²) >= 11 is 3.52. The first-order chi connectivity index (χ1) is 10.9. The predicted molar refractivity (Wildman–Crippen MR) is 95.9 cm³/mol. The SMILES string of the molecule is CCc1cc(Br)cc(C)c1C1=C(OC)CC(CCN(C)[O-])C1=O. The first kappa shape index (κ1) is 18.2. The molecule has 1 atom stereocenters. The van der Waals surface area contributed by atoms with E-state index in [1.54, 1.807) is 7.11 Å². The molecule has 2 rings (SSSR count). The van der Waals surface area contributed by atoms with Gasteiger partial charge >= 0.3 is 0 Å². The van der Waals surface area contributed by atoms with Gasteiger partial charge in [-0.3, -0.25) is 4.79 Å². The third kappa shape index (κ3) is 3.84. The topological polar surface area (TPSA) is 52.6 Å². The fourth-order valence-corrected chi connectivity index (χ4v) is 3.85. The zero-order valence-electron chi connectivity index (χ0n) is 14.1. The number of carbonyl (C=O) groups is 1. The van der Waals surface area contributed by atoms with Gasteiger partial charge in [-0.2, -0.15) is 0 Å². The molecule has 0 fully saturated rings. The Hall–Kier alpha value is -1.17. The van der Waals surface area contributed by atoms with Crippen LogP contribution in [0.2, 0.25) is 0 Å². The summed E-state index contributed by atoms with van der Waals surface area (Å²) in [6.07, 6.45) is 1.99. The molecule has 23 heavy (non-hydrogen) atoms. The smallest absolute Gasteiger partial charge is 0.170 e. The van der Waals surface area contributed by atoms with Crippen molar-refractivity contribution in [3.8, 4) is 0 Å². The molecule has 0 heterocycles. The number of rotatable bonds is 6. The highest BCUT2D eigenvalue weighted by atomic mass is 79.9. The van der Waals surface area contributed by atoms with Crippen LogP contribution in [0.25, 0.3) is 5.57 Å². The second-order valence-corrected chi connectivity index (χ2v) is 6.93. The predicted octanol–water partition coefficient (Wildman–Crippen LogP) is 4.09.